The molecule has 30 heavy (non-hydrogen) atoms. The Bertz CT molecular complexity index is 1050. The fraction of sp³-hybridized carbons (Fsp3) is 0.261. The van der Waals surface area contributed by atoms with E-state index in [2.05, 4.69) is 10.3 Å². The summed E-state index contributed by atoms with van der Waals surface area (Å²) in [7, 11) is 0. The number of carbonyl (C=O) groups excluding carboxylic acids is 2. The molecule has 0 radical (unpaired) electrons. The second-order valence-corrected chi connectivity index (χ2v) is 8.23. The third-order valence-corrected chi connectivity index (χ3v) is 5.75. The number of rotatable bonds is 7. The second-order valence-electron chi connectivity index (χ2n) is 7.17. The molecule has 154 valence electrons. The summed E-state index contributed by atoms with van der Waals surface area (Å²) in [6.45, 7) is 3.52. The maximum atomic E-state index is 12.5. The highest BCUT2D eigenvalue weighted by Crippen LogP contribution is 2.22. The van der Waals surface area contributed by atoms with Crippen LogP contribution in [-0.2, 0) is 17.9 Å². The Morgan fingerprint density at radius 2 is 2.07 bits per heavy atom. The summed E-state index contributed by atoms with van der Waals surface area (Å²) in [5, 5.41) is 5.90. The summed E-state index contributed by atoms with van der Waals surface area (Å²) in [6, 6.07) is 14.9. The van der Waals surface area contributed by atoms with Crippen LogP contribution in [0.2, 0.25) is 0 Å². The minimum Gasteiger partial charge on any atom is -0.487 e. The molecule has 2 amide bonds. The van der Waals surface area contributed by atoms with E-state index in [0.717, 1.165) is 34.9 Å². The van der Waals surface area contributed by atoms with Crippen LogP contribution in [0.1, 0.15) is 39.5 Å². The molecule has 3 aromatic rings. The van der Waals surface area contributed by atoms with Gasteiger partial charge in [-0.15, -0.1) is 11.3 Å². The maximum absolute atomic E-state index is 12.5. The van der Waals surface area contributed by atoms with E-state index in [1.54, 1.807) is 34.4 Å². The van der Waals surface area contributed by atoms with Crippen molar-refractivity contribution in [3.8, 4) is 5.75 Å². The first-order chi connectivity index (χ1) is 14.6. The second kappa shape index (κ2) is 9.09. The third kappa shape index (κ3) is 4.86. The van der Waals surface area contributed by atoms with Gasteiger partial charge in [0.15, 0.2) is 0 Å². The van der Waals surface area contributed by atoms with Gasteiger partial charge in [-0.2, -0.15) is 0 Å². The van der Waals surface area contributed by atoms with Gasteiger partial charge in [-0.05, 0) is 49.2 Å². The van der Waals surface area contributed by atoms with E-state index < -0.39 is 0 Å². The average molecular weight is 422 g/mol. The molecule has 1 saturated heterocycles. The number of anilines is 1. The first-order valence-corrected chi connectivity index (χ1v) is 10.8. The van der Waals surface area contributed by atoms with Crippen LogP contribution in [0.25, 0.3) is 0 Å². The predicted molar refractivity (Wildman–Crippen MR) is 117 cm³/mol. The first-order valence-electron chi connectivity index (χ1n) is 9.90. The molecule has 2 aromatic carbocycles. The van der Waals surface area contributed by atoms with Crippen LogP contribution in [0.15, 0.2) is 53.9 Å². The number of hydrogen-bond acceptors (Lipinski definition) is 5. The average Bonchev–Trinajstić information content (AvgIpc) is 3.39. The molecule has 0 unspecified atom stereocenters. The highest BCUT2D eigenvalue weighted by atomic mass is 32.1. The van der Waals surface area contributed by atoms with Gasteiger partial charge in [-0.25, -0.2) is 4.98 Å². The molecule has 0 bridgehead atoms. The highest BCUT2D eigenvalue weighted by molar-refractivity contribution is 7.09. The van der Waals surface area contributed by atoms with Crippen LogP contribution in [0.4, 0.5) is 5.69 Å². The van der Waals surface area contributed by atoms with Gasteiger partial charge in [-0.1, -0.05) is 18.2 Å². The number of hydrogen-bond donors (Lipinski definition) is 1. The minimum atomic E-state index is -0.163. The summed E-state index contributed by atoms with van der Waals surface area (Å²) in [5.41, 5.74) is 3.31. The van der Waals surface area contributed by atoms with Crippen molar-refractivity contribution in [2.75, 3.05) is 11.4 Å². The number of aromatic nitrogens is 1. The molecule has 1 aliphatic rings. The quantitative estimate of drug-likeness (QED) is 0.624. The Morgan fingerprint density at radius 1 is 1.23 bits per heavy atom. The lowest BCUT2D eigenvalue weighted by Gasteiger charge is -2.16. The summed E-state index contributed by atoms with van der Waals surface area (Å²) >= 11 is 1.59. The van der Waals surface area contributed by atoms with Crippen LogP contribution in [0, 0.1) is 6.92 Å². The van der Waals surface area contributed by atoms with Crippen molar-refractivity contribution in [2.45, 2.75) is 32.9 Å². The summed E-state index contributed by atoms with van der Waals surface area (Å²) in [4.78, 5) is 30.6. The third-order valence-electron chi connectivity index (χ3n) is 4.92. The van der Waals surface area contributed by atoms with Gasteiger partial charge in [0.1, 0.15) is 12.4 Å². The van der Waals surface area contributed by atoms with E-state index in [-0.39, 0.29) is 11.8 Å². The number of aryl methyl sites for hydroxylation is 1. The molecule has 0 spiro atoms. The molecule has 0 atom stereocenters. The first kappa shape index (κ1) is 20.1. The zero-order valence-corrected chi connectivity index (χ0v) is 17.6. The van der Waals surface area contributed by atoms with Gasteiger partial charge < -0.3 is 15.0 Å². The summed E-state index contributed by atoms with van der Waals surface area (Å²) in [5.74, 6) is 0.639. The molecule has 2 heterocycles. The van der Waals surface area contributed by atoms with Gasteiger partial charge in [-0.3, -0.25) is 9.59 Å². The number of thiazole rings is 1. The largest absolute Gasteiger partial charge is 0.487 e. The number of ether oxygens (including phenoxy) is 1. The Hall–Kier alpha value is -3.19. The topological polar surface area (TPSA) is 71.5 Å². The van der Waals surface area contributed by atoms with Crippen molar-refractivity contribution in [1.82, 2.24) is 10.3 Å². The molecule has 1 N–H and O–H groups in total. The lowest BCUT2D eigenvalue weighted by molar-refractivity contribution is -0.117. The van der Waals surface area contributed by atoms with E-state index >= 15 is 0 Å². The number of carbonyl (C=O) groups is 2. The monoisotopic (exact) mass is 421 g/mol. The van der Waals surface area contributed by atoms with E-state index in [1.165, 1.54) is 0 Å². The molecule has 1 fully saturated rings. The van der Waals surface area contributed by atoms with Crippen molar-refractivity contribution in [3.05, 3.63) is 75.7 Å². The molecule has 1 aliphatic heterocycles. The van der Waals surface area contributed by atoms with Gasteiger partial charge in [0, 0.05) is 36.1 Å². The number of benzene rings is 2. The lowest BCUT2D eigenvalue weighted by atomic mass is 10.1. The molecule has 0 aliphatic carbocycles. The highest BCUT2D eigenvalue weighted by Gasteiger charge is 2.21. The van der Waals surface area contributed by atoms with Crippen molar-refractivity contribution in [3.63, 3.8) is 0 Å². The molecule has 4 rings (SSSR count). The van der Waals surface area contributed by atoms with Crippen LogP contribution in [0.5, 0.6) is 5.75 Å². The Labute approximate surface area is 179 Å². The molecule has 6 nitrogen and oxygen atoms in total. The minimum absolute atomic E-state index is 0.163. The zero-order valence-electron chi connectivity index (χ0n) is 16.8. The van der Waals surface area contributed by atoms with Gasteiger partial charge >= 0.3 is 0 Å². The molecule has 7 heteroatoms. The fourth-order valence-corrected chi connectivity index (χ4v) is 3.96. The van der Waals surface area contributed by atoms with Crippen LogP contribution in [-0.4, -0.2) is 23.3 Å². The normalized spacial score (nSPS) is 13.5. The van der Waals surface area contributed by atoms with Crippen molar-refractivity contribution in [1.29, 1.82) is 0 Å². The van der Waals surface area contributed by atoms with Crippen molar-refractivity contribution < 1.29 is 14.3 Å². The lowest BCUT2D eigenvalue weighted by Crippen LogP contribution is -2.24. The zero-order chi connectivity index (χ0) is 20.9. The van der Waals surface area contributed by atoms with Gasteiger partial charge in [0.25, 0.3) is 5.91 Å². The number of nitrogens with one attached hydrogen (secondary N) is 1. The van der Waals surface area contributed by atoms with E-state index in [9.17, 15) is 9.59 Å². The molecular weight excluding hydrogens is 398 g/mol. The van der Waals surface area contributed by atoms with Crippen molar-refractivity contribution >= 4 is 28.8 Å². The predicted octanol–water partition coefficient (Wildman–Crippen LogP) is 4.09. The van der Waals surface area contributed by atoms with Gasteiger partial charge in [0.2, 0.25) is 5.91 Å². The molecule has 0 saturated carbocycles. The van der Waals surface area contributed by atoms with E-state index in [0.29, 0.717) is 30.9 Å². The number of amides is 2. The fourth-order valence-electron chi connectivity index (χ4n) is 3.36. The van der Waals surface area contributed by atoms with Crippen LogP contribution in [0.3, 0.4) is 0 Å². The standard InChI is InChI=1S/C23H23N3O3S/c1-16-25-19(15-30-16)14-29-21-5-2-4-18(12-21)23(28)24-13-17-7-9-20(10-8-17)26-11-3-6-22(26)27/h2,4-5,7-10,12,15H,3,6,11,13-14H2,1H3,(H,24,28). The van der Waals surface area contributed by atoms with E-state index in [4.69, 9.17) is 4.74 Å². The molecular formula is C23H23N3O3S. The van der Waals surface area contributed by atoms with Crippen molar-refractivity contribution in [2.24, 2.45) is 0 Å². The van der Waals surface area contributed by atoms with E-state index in [1.807, 2.05) is 42.6 Å². The smallest absolute Gasteiger partial charge is 0.251 e. The Balaban J connectivity index is 1.32. The van der Waals surface area contributed by atoms with Gasteiger partial charge in [0.05, 0.1) is 10.7 Å². The molecule has 1 aromatic heterocycles. The maximum Gasteiger partial charge on any atom is 0.251 e. The van der Waals surface area contributed by atoms with Crippen LogP contribution >= 0.6 is 11.3 Å². The SMILES string of the molecule is Cc1nc(COc2cccc(C(=O)NCc3ccc(N4CCCC4=O)cc3)c2)cs1. The summed E-state index contributed by atoms with van der Waals surface area (Å²) in [6.07, 6.45) is 1.52. The summed E-state index contributed by atoms with van der Waals surface area (Å²) < 4.78 is 5.76. The van der Waals surface area contributed by atoms with Crippen LogP contribution < -0.4 is 15.0 Å². The Kier molecular flexibility index (Phi) is 6.09. The Morgan fingerprint density at radius 3 is 2.77 bits per heavy atom. The number of nitrogens with zero attached hydrogens (tertiary/aromatic N) is 2.